The Bertz CT molecular complexity index is 584. The minimum atomic E-state index is -0.470. The lowest BCUT2D eigenvalue weighted by Crippen LogP contribution is -2.42. The molecule has 1 amide bonds. The van der Waals surface area contributed by atoms with Crippen LogP contribution in [-0.4, -0.2) is 36.8 Å². The maximum atomic E-state index is 11.8. The van der Waals surface area contributed by atoms with Crippen LogP contribution in [-0.2, 0) is 4.79 Å². The summed E-state index contributed by atoms with van der Waals surface area (Å²) in [7, 11) is 1.59. The van der Waals surface area contributed by atoms with E-state index in [-0.39, 0.29) is 23.3 Å². The highest BCUT2D eigenvalue weighted by Gasteiger charge is 2.31. The van der Waals surface area contributed by atoms with Crippen molar-refractivity contribution < 1.29 is 14.5 Å². The molecule has 114 valence electrons. The molecule has 2 rings (SSSR count). The van der Waals surface area contributed by atoms with E-state index in [4.69, 9.17) is 0 Å². The van der Waals surface area contributed by atoms with Crippen molar-refractivity contribution in [1.82, 2.24) is 5.32 Å². The topological polar surface area (TPSA) is 92.6 Å². The molecule has 2 heterocycles. The van der Waals surface area contributed by atoms with Crippen molar-refractivity contribution in [2.75, 3.05) is 25.0 Å². The smallest absolute Gasteiger partial charge is 0.304 e. The van der Waals surface area contributed by atoms with Gasteiger partial charge in [-0.15, -0.1) is 11.3 Å². The third-order valence-electron chi connectivity index (χ3n) is 3.56. The highest BCUT2D eigenvalue weighted by atomic mass is 32.1. The molecule has 1 saturated heterocycles. The van der Waals surface area contributed by atoms with E-state index in [9.17, 15) is 19.7 Å². The number of thiophene rings is 1. The quantitative estimate of drug-likeness (QED) is 0.520. The Morgan fingerprint density at radius 3 is 2.81 bits per heavy atom. The summed E-state index contributed by atoms with van der Waals surface area (Å²) < 4.78 is 0. The normalized spacial score (nSPS) is 18.4. The molecule has 21 heavy (non-hydrogen) atoms. The molecule has 1 aromatic heterocycles. The first-order valence-electron chi connectivity index (χ1n) is 6.69. The van der Waals surface area contributed by atoms with Gasteiger partial charge in [-0.05, 0) is 19.8 Å². The number of hydrogen-bond donors (Lipinski definition) is 1. The Kier molecular flexibility index (Phi) is 4.56. The van der Waals surface area contributed by atoms with Crippen LogP contribution in [0.1, 0.15) is 29.4 Å². The van der Waals surface area contributed by atoms with E-state index in [2.05, 4.69) is 5.32 Å². The minimum absolute atomic E-state index is 0.0503. The van der Waals surface area contributed by atoms with Gasteiger partial charge in [-0.3, -0.25) is 19.7 Å². The third kappa shape index (κ3) is 3.21. The number of nitrogens with one attached hydrogen (secondary N) is 1. The van der Waals surface area contributed by atoms with Gasteiger partial charge >= 0.3 is 5.69 Å². The van der Waals surface area contributed by atoms with Gasteiger partial charge < -0.3 is 10.2 Å². The lowest BCUT2D eigenvalue weighted by molar-refractivity contribution is -0.383. The Morgan fingerprint density at radius 2 is 2.24 bits per heavy atom. The highest BCUT2D eigenvalue weighted by molar-refractivity contribution is 7.18. The Hall–Kier alpha value is -1.96. The Morgan fingerprint density at radius 1 is 1.52 bits per heavy atom. The average Bonchev–Trinajstić information content (AvgIpc) is 2.92. The molecule has 1 atom stereocenters. The minimum Gasteiger partial charge on any atom is -0.359 e. The first-order chi connectivity index (χ1) is 9.93. The van der Waals surface area contributed by atoms with E-state index < -0.39 is 4.92 Å². The second-order valence-corrected chi connectivity index (χ2v) is 6.04. The van der Waals surface area contributed by atoms with Gasteiger partial charge in [0.1, 0.15) is 0 Å². The number of carbonyl (C=O) groups is 2. The monoisotopic (exact) mass is 311 g/mol. The zero-order valence-corrected chi connectivity index (χ0v) is 12.7. The molecule has 1 N–H and O–H groups in total. The molecule has 0 bridgehead atoms. The molecule has 0 radical (unpaired) electrons. The number of rotatable bonds is 4. The van der Waals surface area contributed by atoms with Crippen molar-refractivity contribution in [3.05, 3.63) is 21.1 Å². The van der Waals surface area contributed by atoms with E-state index in [1.807, 2.05) is 4.90 Å². The molecule has 0 saturated carbocycles. The molecule has 1 unspecified atom stereocenters. The molecule has 1 fully saturated rings. The van der Waals surface area contributed by atoms with Gasteiger partial charge in [0.05, 0.1) is 15.7 Å². The fourth-order valence-corrected chi connectivity index (χ4v) is 3.54. The number of anilines is 1. The first-order valence-corrected chi connectivity index (χ1v) is 7.51. The highest BCUT2D eigenvalue weighted by Crippen LogP contribution is 2.39. The molecule has 1 aliphatic heterocycles. The fourth-order valence-electron chi connectivity index (χ4n) is 2.48. The Balaban J connectivity index is 2.30. The van der Waals surface area contributed by atoms with Gasteiger partial charge in [-0.25, -0.2) is 0 Å². The molecule has 7 nitrogen and oxygen atoms in total. The average molecular weight is 311 g/mol. The summed E-state index contributed by atoms with van der Waals surface area (Å²) >= 11 is 1.13. The standard InChI is InChI=1S/C13H17N3O4S/c1-8(17)11-6-10(16(19)20)13(21-11)15-5-3-4-9(7-15)12(18)14-2/h6,9H,3-5,7H2,1-2H3,(H,14,18). The zero-order chi connectivity index (χ0) is 15.6. The molecule has 1 aliphatic rings. The van der Waals surface area contributed by atoms with Crippen molar-refractivity contribution >= 4 is 33.7 Å². The van der Waals surface area contributed by atoms with E-state index in [1.165, 1.54) is 13.0 Å². The number of amides is 1. The summed E-state index contributed by atoms with van der Waals surface area (Å²) in [6.07, 6.45) is 1.57. The van der Waals surface area contributed by atoms with Crippen molar-refractivity contribution in [1.29, 1.82) is 0 Å². The molecular weight excluding hydrogens is 294 g/mol. The fraction of sp³-hybridized carbons (Fsp3) is 0.538. The summed E-state index contributed by atoms with van der Waals surface area (Å²) in [6.45, 7) is 2.49. The van der Waals surface area contributed by atoms with Crippen LogP contribution in [0, 0.1) is 16.0 Å². The summed E-state index contributed by atoms with van der Waals surface area (Å²) in [5.41, 5.74) is -0.0530. The molecule has 0 aromatic carbocycles. The second-order valence-electron chi connectivity index (χ2n) is 5.01. The maximum absolute atomic E-state index is 11.8. The van der Waals surface area contributed by atoms with Gasteiger partial charge in [-0.1, -0.05) is 0 Å². The number of nitro groups is 1. The van der Waals surface area contributed by atoms with Crippen LogP contribution in [0.15, 0.2) is 6.07 Å². The second kappa shape index (κ2) is 6.21. The molecule has 8 heteroatoms. The van der Waals surface area contributed by atoms with Crippen LogP contribution in [0.3, 0.4) is 0 Å². The van der Waals surface area contributed by atoms with Crippen LogP contribution >= 0.6 is 11.3 Å². The number of piperidine rings is 1. The summed E-state index contributed by atoms with van der Waals surface area (Å²) in [6, 6.07) is 1.33. The summed E-state index contributed by atoms with van der Waals surface area (Å²) in [5, 5.41) is 14.3. The molecular formula is C13H17N3O4S. The SMILES string of the molecule is CNC(=O)C1CCCN(c2sc(C(C)=O)cc2[N+](=O)[O-])C1. The van der Waals surface area contributed by atoms with Gasteiger partial charge in [0.15, 0.2) is 10.8 Å². The van der Waals surface area contributed by atoms with Crippen molar-refractivity contribution in [3.63, 3.8) is 0 Å². The lowest BCUT2D eigenvalue weighted by Gasteiger charge is -2.31. The maximum Gasteiger partial charge on any atom is 0.304 e. The lowest BCUT2D eigenvalue weighted by atomic mass is 9.97. The van der Waals surface area contributed by atoms with Crippen LogP contribution in [0.5, 0.6) is 0 Å². The number of carbonyl (C=O) groups excluding carboxylic acids is 2. The van der Waals surface area contributed by atoms with Crippen molar-refractivity contribution in [2.24, 2.45) is 5.92 Å². The molecule has 1 aromatic rings. The number of ketones is 1. The van der Waals surface area contributed by atoms with E-state index >= 15 is 0 Å². The zero-order valence-electron chi connectivity index (χ0n) is 11.9. The predicted octanol–water partition coefficient (Wildman–Crippen LogP) is 1.82. The Labute approximate surface area is 126 Å². The predicted molar refractivity (Wildman–Crippen MR) is 80.0 cm³/mol. The van der Waals surface area contributed by atoms with Crippen LogP contribution < -0.4 is 10.2 Å². The number of Topliss-reactive ketones (excluding diaryl/α,β-unsaturated/α-hetero) is 1. The van der Waals surface area contributed by atoms with Crippen molar-refractivity contribution in [2.45, 2.75) is 19.8 Å². The van der Waals surface area contributed by atoms with E-state index in [1.54, 1.807) is 7.05 Å². The number of nitrogens with zero attached hydrogens (tertiary/aromatic N) is 2. The van der Waals surface area contributed by atoms with Gasteiger partial charge in [0.25, 0.3) is 0 Å². The van der Waals surface area contributed by atoms with Crippen molar-refractivity contribution in [3.8, 4) is 0 Å². The van der Waals surface area contributed by atoms with Crippen LogP contribution in [0.2, 0.25) is 0 Å². The van der Waals surface area contributed by atoms with E-state index in [0.29, 0.717) is 23.0 Å². The first kappa shape index (κ1) is 15.4. The van der Waals surface area contributed by atoms with E-state index in [0.717, 1.165) is 24.2 Å². The van der Waals surface area contributed by atoms with Gasteiger partial charge in [0.2, 0.25) is 5.91 Å². The summed E-state index contributed by atoms with van der Waals surface area (Å²) in [4.78, 5) is 36.1. The van der Waals surface area contributed by atoms with Gasteiger partial charge in [0, 0.05) is 26.2 Å². The third-order valence-corrected chi connectivity index (χ3v) is 4.85. The summed E-state index contributed by atoms with van der Waals surface area (Å²) in [5.74, 6) is -0.411. The van der Waals surface area contributed by atoms with Gasteiger partial charge in [-0.2, -0.15) is 0 Å². The molecule has 0 spiro atoms. The number of hydrogen-bond acceptors (Lipinski definition) is 6. The van der Waals surface area contributed by atoms with Crippen LogP contribution in [0.4, 0.5) is 10.7 Å². The van der Waals surface area contributed by atoms with Crippen LogP contribution in [0.25, 0.3) is 0 Å². The molecule has 0 aliphatic carbocycles. The largest absolute Gasteiger partial charge is 0.359 e.